The minimum absolute atomic E-state index is 0.0375. The lowest BCUT2D eigenvalue weighted by atomic mass is 9.98. The zero-order valence-electron chi connectivity index (χ0n) is 21.3. The average molecular weight is 494 g/mol. The van der Waals surface area contributed by atoms with E-state index in [1.165, 1.54) is 15.5 Å². The van der Waals surface area contributed by atoms with Crippen molar-refractivity contribution in [3.05, 3.63) is 76.0 Å². The number of amides is 1. The maximum absolute atomic E-state index is 13.0. The molecule has 0 aliphatic heterocycles. The highest BCUT2D eigenvalue weighted by Gasteiger charge is 2.19. The second-order valence-corrected chi connectivity index (χ2v) is 9.54. The zero-order valence-corrected chi connectivity index (χ0v) is 21.3. The molecule has 0 aliphatic carbocycles. The van der Waals surface area contributed by atoms with Crippen LogP contribution in [0.15, 0.2) is 53.5 Å². The number of nitrogens with two attached hydrogens (primary N) is 1. The van der Waals surface area contributed by atoms with Gasteiger partial charge in [0.15, 0.2) is 5.78 Å². The highest BCUT2D eigenvalue weighted by atomic mass is 16.3. The number of nitrogens with zero attached hydrogens (tertiary/aromatic N) is 3. The number of aromatic amines is 1. The summed E-state index contributed by atoms with van der Waals surface area (Å²) in [6, 6.07) is 8.24. The Hall–Kier alpha value is -3.56. The molecule has 2 heterocycles. The molecule has 0 radical (unpaired) electrons. The lowest BCUT2D eigenvalue weighted by Crippen LogP contribution is -2.34. The van der Waals surface area contributed by atoms with Gasteiger partial charge in [-0.15, -0.1) is 0 Å². The van der Waals surface area contributed by atoms with Crippen LogP contribution in [0.1, 0.15) is 49.7 Å². The maximum Gasteiger partial charge on any atom is 0.254 e. The number of hydrogen-bond acceptors (Lipinski definition) is 6. The van der Waals surface area contributed by atoms with Crippen LogP contribution >= 0.6 is 0 Å². The highest BCUT2D eigenvalue weighted by Crippen LogP contribution is 2.27. The third kappa shape index (κ3) is 6.56. The molecule has 0 aliphatic rings. The van der Waals surface area contributed by atoms with Crippen molar-refractivity contribution in [1.29, 1.82) is 0 Å². The molecule has 0 saturated carbocycles. The monoisotopic (exact) mass is 493 g/mol. The first kappa shape index (κ1) is 27.0. The van der Waals surface area contributed by atoms with Gasteiger partial charge < -0.3 is 25.3 Å². The zero-order chi connectivity index (χ0) is 26.4. The lowest BCUT2D eigenvalue weighted by molar-refractivity contribution is -0.123. The average Bonchev–Trinajstić information content (AvgIpc) is 3.25. The number of carbonyl (C=O) groups is 2. The summed E-state index contributed by atoms with van der Waals surface area (Å²) in [7, 11) is 3.33. The van der Waals surface area contributed by atoms with E-state index in [1.807, 2.05) is 32.0 Å². The molecule has 3 rings (SSSR count). The van der Waals surface area contributed by atoms with E-state index >= 15 is 0 Å². The second-order valence-electron chi connectivity index (χ2n) is 9.54. The Kier molecular flexibility index (Phi) is 8.95. The maximum atomic E-state index is 13.0. The SMILES string of the molecule is CC(C)C(O)c1cccc2[nH]c(Cn3cccc(CC(=O)[C@@H](N)CC/C=C/C(=O)N(C)C)c3=O)nc12. The molecule has 2 atom stereocenters. The number of Topliss-reactive ketones (excluding diaryl/α,β-unsaturated/α-hetero) is 1. The fourth-order valence-corrected chi connectivity index (χ4v) is 3.87. The first-order chi connectivity index (χ1) is 17.1. The number of aliphatic hydroxyl groups is 1. The van der Waals surface area contributed by atoms with Gasteiger partial charge in [0.25, 0.3) is 5.56 Å². The molecule has 36 heavy (non-hydrogen) atoms. The van der Waals surface area contributed by atoms with Crippen molar-refractivity contribution in [1.82, 2.24) is 19.4 Å². The Balaban J connectivity index is 1.70. The van der Waals surface area contributed by atoms with Crippen LogP contribution in [0.25, 0.3) is 11.0 Å². The summed E-state index contributed by atoms with van der Waals surface area (Å²) in [5.41, 5.74) is 8.33. The van der Waals surface area contributed by atoms with Gasteiger partial charge in [0, 0.05) is 37.8 Å². The van der Waals surface area contributed by atoms with E-state index in [9.17, 15) is 19.5 Å². The molecule has 192 valence electrons. The molecule has 9 heteroatoms. The number of aliphatic hydroxyl groups excluding tert-OH is 1. The summed E-state index contributed by atoms with van der Waals surface area (Å²) in [6.45, 7) is 4.08. The number of allylic oxidation sites excluding steroid dienone is 1. The number of hydrogen-bond donors (Lipinski definition) is 3. The van der Waals surface area contributed by atoms with Crippen LogP contribution in [0, 0.1) is 5.92 Å². The molecule has 9 nitrogen and oxygen atoms in total. The molecule has 0 spiro atoms. The lowest BCUT2D eigenvalue weighted by Gasteiger charge is -2.14. The number of fused-ring (bicyclic) bond motifs is 1. The third-order valence-electron chi connectivity index (χ3n) is 6.09. The Morgan fingerprint density at radius 2 is 1.97 bits per heavy atom. The number of carbonyl (C=O) groups excluding carboxylic acids is 2. The van der Waals surface area contributed by atoms with Crippen molar-refractivity contribution in [3.63, 3.8) is 0 Å². The standard InChI is InChI=1S/C27H35N5O4/c1-17(2)26(35)19-10-7-12-21-25(19)30-23(29-21)16-32-14-8-9-18(27(32)36)15-22(33)20(28)11-5-6-13-24(34)31(3)4/h6-10,12-14,17,20,26,35H,5,11,15-16,28H2,1-4H3,(H,29,30)/b13-6+/t20-,26?/m0/s1. The number of rotatable bonds is 11. The quantitative estimate of drug-likeness (QED) is 0.351. The third-order valence-corrected chi connectivity index (χ3v) is 6.09. The predicted molar refractivity (Wildman–Crippen MR) is 139 cm³/mol. The van der Waals surface area contributed by atoms with Crippen molar-refractivity contribution in [3.8, 4) is 0 Å². The van der Waals surface area contributed by atoms with E-state index < -0.39 is 12.1 Å². The summed E-state index contributed by atoms with van der Waals surface area (Å²) in [5.74, 6) is 0.259. The minimum Gasteiger partial charge on any atom is -0.388 e. The summed E-state index contributed by atoms with van der Waals surface area (Å²) >= 11 is 0. The summed E-state index contributed by atoms with van der Waals surface area (Å²) in [6.07, 6.45) is 4.98. The van der Waals surface area contributed by atoms with Gasteiger partial charge in [0.05, 0.1) is 29.7 Å². The smallest absolute Gasteiger partial charge is 0.254 e. The van der Waals surface area contributed by atoms with Gasteiger partial charge in [-0.05, 0) is 37.0 Å². The fraction of sp³-hybridized carbons (Fsp3) is 0.407. The number of aromatic nitrogens is 3. The Bertz CT molecular complexity index is 1300. The van der Waals surface area contributed by atoms with Gasteiger partial charge >= 0.3 is 0 Å². The van der Waals surface area contributed by atoms with Crippen LogP contribution in [-0.4, -0.2) is 56.4 Å². The van der Waals surface area contributed by atoms with Crippen LogP contribution in [0.3, 0.4) is 0 Å². The Morgan fingerprint density at radius 3 is 2.67 bits per heavy atom. The van der Waals surface area contributed by atoms with E-state index in [0.29, 0.717) is 29.7 Å². The molecule has 1 aromatic carbocycles. The number of H-pyrrole nitrogens is 1. The highest BCUT2D eigenvalue weighted by molar-refractivity contribution is 5.87. The summed E-state index contributed by atoms with van der Waals surface area (Å²) in [4.78, 5) is 46.6. The van der Waals surface area contributed by atoms with Crippen molar-refractivity contribution in [2.45, 2.75) is 51.8 Å². The van der Waals surface area contributed by atoms with E-state index in [4.69, 9.17) is 5.73 Å². The fourth-order valence-electron chi connectivity index (χ4n) is 3.87. The van der Waals surface area contributed by atoms with Gasteiger partial charge in [0.2, 0.25) is 5.91 Å². The molecular weight excluding hydrogens is 458 g/mol. The van der Waals surface area contributed by atoms with Gasteiger partial charge in [-0.1, -0.05) is 38.1 Å². The van der Waals surface area contributed by atoms with Crippen molar-refractivity contribution < 1.29 is 14.7 Å². The van der Waals surface area contributed by atoms with E-state index in [2.05, 4.69) is 9.97 Å². The van der Waals surface area contributed by atoms with Gasteiger partial charge in [-0.2, -0.15) is 0 Å². The number of nitrogens with one attached hydrogen (secondary N) is 1. The number of ketones is 1. The number of pyridine rings is 1. The molecule has 0 saturated heterocycles. The minimum atomic E-state index is -0.724. The first-order valence-corrected chi connectivity index (χ1v) is 12.1. The molecule has 0 fully saturated rings. The topological polar surface area (TPSA) is 134 Å². The second kappa shape index (κ2) is 11.9. The summed E-state index contributed by atoms with van der Waals surface area (Å²) in [5, 5.41) is 10.5. The van der Waals surface area contributed by atoms with Crippen LogP contribution in [0.2, 0.25) is 0 Å². The van der Waals surface area contributed by atoms with Gasteiger partial charge in [-0.3, -0.25) is 14.4 Å². The molecule has 2 aromatic heterocycles. The number of imidazole rings is 1. The van der Waals surface area contributed by atoms with Crippen LogP contribution < -0.4 is 11.3 Å². The van der Waals surface area contributed by atoms with E-state index in [0.717, 1.165) is 11.1 Å². The predicted octanol–water partition coefficient (Wildman–Crippen LogP) is 2.33. The summed E-state index contributed by atoms with van der Waals surface area (Å²) < 4.78 is 1.50. The molecule has 1 amide bonds. The van der Waals surface area contributed by atoms with Crippen molar-refractivity contribution in [2.24, 2.45) is 11.7 Å². The Labute approximate surface area is 210 Å². The normalized spacial score (nSPS) is 13.4. The van der Waals surface area contributed by atoms with Crippen LogP contribution in [0.4, 0.5) is 0 Å². The van der Waals surface area contributed by atoms with E-state index in [-0.39, 0.29) is 36.1 Å². The van der Waals surface area contributed by atoms with Crippen molar-refractivity contribution in [2.75, 3.05) is 14.1 Å². The van der Waals surface area contributed by atoms with Crippen LogP contribution in [-0.2, 0) is 22.6 Å². The molecule has 1 unspecified atom stereocenters. The van der Waals surface area contributed by atoms with Crippen molar-refractivity contribution >= 4 is 22.7 Å². The van der Waals surface area contributed by atoms with E-state index in [1.54, 1.807) is 38.5 Å². The van der Waals surface area contributed by atoms with Crippen LogP contribution in [0.5, 0.6) is 0 Å². The number of para-hydroxylation sites is 1. The number of likely N-dealkylation sites (N-methyl/N-ethyl adjacent to an activating group) is 1. The molecule has 4 N–H and O–H groups in total. The molecule has 0 bridgehead atoms. The molecule has 3 aromatic rings. The molecular formula is C27H35N5O4. The number of benzene rings is 1. The van der Waals surface area contributed by atoms with Gasteiger partial charge in [-0.25, -0.2) is 4.98 Å². The largest absolute Gasteiger partial charge is 0.388 e. The Morgan fingerprint density at radius 1 is 1.22 bits per heavy atom. The first-order valence-electron chi connectivity index (χ1n) is 12.1. The van der Waals surface area contributed by atoms with Gasteiger partial charge in [0.1, 0.15) is 5.82 Å².